The molecule has 0 bridgehead atoms. The largest absolute Gasteiger partial charge is 0.393 e. The average molecular weight is 205 g/mol. The standard InChI is InChI=1S/C10H23NO3/c1-7(6-8(2)12)11-9(3)10(13-4)14-5/h7-12H,6H2,1-5H3. The van der Waals surface area contributed by atoms with Crippen molar-refractivity contribution in [2.75, 3.05) is 14.2 Å². The topological polar surface area (TPSA) is 50.7 Å². The molecule has 0 saturated heterocycles. The van der Waals surface area contributed by atoms with Gasteiger partial charge in [-0.2, -0.15) is 0 Å². The fraction of sp³-hybridized carbons (Fsp3) is 1.00. The molecule has 3 unspecified atom stereocenters. The monoisotopic (exact) mass is 205 g/mol. The molecular weight excluding hydrogens is 182 g/mol. The maximum absolute atomic E-state index is 9.19. The first kappa shape index (κ1) is 13.8. The molecule has 0 heterocycles. The normalized spacial score (nSPS) is 18.2. The van der Waals surface area contributed by atoms with E-state index >= 15 is 0 Å². The fourth-order valence-corrected chi connectivity index (χ4v) is 1.61. The third-order valence-electron chi connectivity index (χ3n) is 2.11. The molecule has 0 aromatic rings. The average Bonchev–Trinajstić information content (AvgIpc) is 2.04. The van der Waals surface area contributed by atoms with Crippen LogP contribution in [-0.4, -0.2) is 43.8 Å². The van der Waals surface area contributed by atoms with E-state index in [4.69, 9.17) is 9.47 Å². The number of hydrogen-bond acceptors (Lipinski definition) is 4. The second-order valence-corrected chi connectivity index (χ2v) is 3.78. The molecule has 0 aliphatic heterocycles. The Balaban J connectivity index is 3.84. The van der Waals surface area contributed by atoms with E-state index in [1.807, 2.05) is 13.8 Å². The molecule has 0 radical (unpaired) electrons. The van der Waals surface area contributed by atoms with Gasteiger partial charge in [0.1, 0.15) is 0 Å². The number of methoxy groups -OCH3 is 2. The summed E-state index contributed by atoms with van der Waals surface area (Å²) in [4.78, 5) is 0. The van der Waals surface area contributed by atoms with Gasteiger partial charge in [0, 0.05) is 20.3 Å². The number of ether oxygens (including phenoxy) is 2. The molecule has 4 heteroatoms. The van der Waals surface area contributed by atoms with Crippen molar-refractivity contribution in [1.29, 1.82) is 0 Å². The molecule has 3 atom stereocenters. The third-order valence-corrected chi connectivity index (χ3v) is 2.11. The maximum atomic E-state index is 9.19. The lowest BCUT2D eigenvalue weighted by Gasteiger charge is -2.26. The van der Waals surface area contributed by atoms with Crippen molar-refractivity contribution in [2.24, 2.45) is 0 Å². The van der Waals surface area contributed by atoms with Gasteiger partial charge in [-0.15, -0.1) is 0 Å². The van der Waals surface area contributed by atoms with Crippen LogP contribution in [0.2, 0.25) is 0 Å². The molecule has 2 N–H and O–H groups in total. The van der Waals surface area contributed by atoms with E-state index in [1.54, 1.807) is 21.1 Å². The van der Waals surface area contributed by atoms with Gasteiger partial charge < -0.3 is 19.9 Å². The number of nitrogens with one attached hydrogen (secondary N) is 1. The first-order chi connectivity index (χ1) is 6.51. The first-order valence-electron chi connectivity index (χ1n) is 5.01. The van der Waals surface area contributed by atoms with E-state index < -0.39 is 0 Å². The zero-order chi connectivity index (χ0) is 11.1. The maximum Gasteiger partial charge on any atom is 0.171 e. The lowest BCUT2D eigenvalue weighted by Crippen LogP contribution is -2.44. The molecule has 0 spiro atoms. The molecule has 0 aromatic carbocycles. The Bertz CT molecular complexity index is 137. The van der Waals surface area contributed by atoms with Gasteiger partial charge in [-0.05, 0) is 27.2 Å². The van der Waals surface area contributed by atoms with Gasteiger partial charge in [-0.25, -0.2) is 0 Å². The number of hydrogen-bond donors (Lipinski definition) is 2. The predicted octanol–water partition coefficient (Wildman–Crippen LogP) is 0.743. The van der Waals surface area contributed by atoms with Crippen LogP contribution in [0.1, 0.15) is 27.2 Å². The van der Waals surface area contributed by atoms with Gasteiger partial charge >= 0.3 is 0 Å². The zero-order valence-electron chi connectivity index (χ0n) is 9.78. The zero-order valence-corrected chi connectivity index (χ0v) is 9.78. The molecule has 0 saturated carbocycles. The van der Waals surface area contributed by atoms with Crippen molar-refractivity contribution in [2.45, 2.75) is 51.7 Å². The van der Waals surface area contributed by atoms with Crippen LogP contribution in [0.4, 0.5) is 0 Å². The van der Waals surface area contributed by atoms with Gasteiger partial charge in [-0.1, -0.05) is 0 Å². The van der Waals surface area contributed by atoms with Crippen LogP contribution in [0.25, 0.3) is 0 Å². The number of rotatable bonds is 7. The van der Waals surface area contributed by atoms with Gasteiger partial charge in [0.25, 0.3) is 0 Å². The molecule has 0 aliphatic carbocycles. The Morgan fingerprint density at radius 1 is 1.14 bits per heavy atom. The summed E-state index contributed by atoms with van der Waals surface area (Å²) in [6.07, 6.45) is 0.199. The second-order valence-electron chi connectivity index (χ2n) is 3.78. The minimum absolute atomic E-state index is 0.110. The third kappa shape index (κ3) is 5.54. The summed E-state index contributed by atoms with van der Waals surface area (Å²) in [5, 5.41) is 12.5. The van der Waals surface area contributed by atoms with Gasteiger partial charge in [-0.3, -0.25) is 0 Å². The van der Waals surface area contributed by atoms with Crippen LogP contribution in [0.15, 0.2) is 0 Å². The molecule has 0 rings (SSSR count). The molecular formula is C10H23NO3. The van der Waals surface area contributed by atoms with Crippen LogP contribution in [0, 0.1) is 0 Å². The van der Waals surface area contributed by atoms with Gasteiger partial charge in [0.05, 0.1) is 12.1 Å². The molecule has 0 amide bonds. The Morgan fingerprint density at radius 3 is 2.00 bits per heavy atom. The number of aliphatic hydroxyl groups is 1. The van der Waals surface area contributed by atoms with Gasteiger partial charge in [0.15, 0.2) is 6.29 Å². The Kier molecular flexibility index (Phi) is 7.09. The molecule has 14 heavy (non-hydrogen) atoms. The van der Waals surface area contributed by atoms with Crippen molar-refractivity contribution in [3.05, 3.63) is 0 Å². The van der Waals surface area contributed by atoms with E-state index in [9.17, 15) is 5.11 Å². The summed E-state index contributed by atoms with van der Waals surface area (Å²) in [5.41, 5.74) is 0. The predicted molar refractivity (Wildman–Crippen MR) is 56.2 cm³/mol. The van der Waals surface area contributed by atoms with Crippen molar-refractivity contribution in [1.82, 2.24) is 5.32 Å². The van der Waals surface area contributed by atoms with E-state index in [0.29, 0.717) is 0 Å². The summed E-state index contributed by atoms with van der Waals surface area (Å²) in [6.45, 7) is 5.81. The minimum Gasteiger partial charge on any atom is -0.393 e. The van der Waals surface area contributed by atoms with Crippen LogP contribution in [0.5, 0.6) is 0 Å². The SMILES string of the molecule is COC(OC)C(C)NC(C)CC(C)O. The van der Waals surface area contributed by atoms with Crippen LogP contribution in [0.3, 0.4) is 0 Å². The van der Waals surface area contributed by atoms with E-state index in [-0.39, 0.29) is 24.5 Å². The van der Waals surface area contributed by atoms with Crippen LogP contribution < -0.4 is 5.32 Å². The molecule has 4 nitrogen and oxygen atoms in total. The highest BCUT2D eigenvalue weighted by Gasteiger charge is 2.18. The lowest BCUT2D eigenvalue weighted by molar-refractivity contribution is -0.121. The van der Waals surface area contributed by atoms with Crippen molar-refractivity contribution < 1.29 is 14.6 Å². The van der Waals surface area contributed by atoms with Crippen molar-refractivity contribution in [3.8, 4) is 0 Å². The highest BCUT2D eigenvalue weighted by atomic mass is 16.7. The molecule has 86 valence electrons. The lowest BCUT2D eigenvalue weighted by atomic mass is 10.1. The van der Waals surface area contributed by atoms with Gasteiger partial charge in [0.2, 0.25) is 0 Å². The van der Waals surface area contributed by atoms with Crippen molar-refractivity contribution in [3.63, 3.8) is 0 Å². The highest BCUT2D eigenvalue weighted by molar-refractivity contribution is 4.71. The first-order valence-corrected chi connectivity index (χ1v) is 5.01. The molecule has 0 aromatic heterocycles. The summed E-state index contributed by atoms with van der Waals surface area (Å²) in [5.74, 6) is 0. The van der Waals surface area contributed by atoms with Crippen molar-refractivity contribution >= 4 is 0 Å². The molecule has 0 fully saturated rings. The summed E-state index contributed by atoms with van der Waals surface area (Å²) >= 11 is 0. The number of aliphatic hydroxyl groups excluding tert-OH is 1. The Labute approximate surface area is 86.6 Å². The fourth-order valence-electron chi connectivity index (χ4n) is 1.61. The summed E-state index contributed by atoms with van der Waals surface area (Å²) < 4.78 is 10.2. The smallest absolute Gasteiger partial charge is 0.171 e. The van der Waals surface area contributed by atoms with E-state index in [2.05, 4.69) is 5.32 Å². The van der Waals surface area contributed by atoms with Crippen LogP contribution in [-0.2, 0) is 9.47 Å². The minimum atomic E-state index is -0.284. The molecule has 0 aliphatic rings. The Hall–Kier alpha value is -0.160. The highest BCUT2D eigenvalue weighted by Crippen LogP contribution is 2.03. The second kappa shape index (κ2) is 7.17. The van der Waals surface area contributed by atoms with E-state index in [0.717, 1.165) is 6.42 Å². The van der Waals surface area contributed by atoms with Crippen LogP contribution >= 0.6 is 0 Å². The Morgan fingerprint density at radius 2 is 1.64 bits per heavy atom. The summed E-state index contributed by atoms with van der Waals surface area (Å²) in [7, 11) is 3.23. The quantitative estimate of drug-likeness (QED) is 0.602. The summed E-state index contributed by atoms with van der Waals surface area (Å²) in [6, 6.07) is 0.358. The van der Waals surface area contributed by atoms with E-state index in [1.165, 1.54) is 0 Å².